The minimum absolute atomic E-state index is 0.00680. The summed E-state index contributed by atoms with van der Waals surface area (Å²) in [4.78, 5) is 13.5. The van der Waals surface area contributed by atoms with Crippen molar-refractivity contribution in [3.05, 3.63) is 0 Å². The molecule has 0 aromatic carbocycles. The zero-order valence-corrected chi connectivity index (χ0v) is 11.0. The van der Waals surface area contributed by atoms with Crippen LogP contribution in [0.1, 0.15) is 33.6 Å². The molecular weight excluding hydrogens is 204 g/mol. The molecule has 1 heterocycles. The van der Waals surface area contributed by atoms with E-state index in [-0.39, 0.29) is 23.6 Å². The van der Waals surface area contributed by atoms with Crippen LogP contribution >= 0.6 is 0 Å². The molecule has 0 spiro atoms. The van der Waals surface area contributed by atoms with Crippen LogP contribution in [0, 0.1) is 0 Å². The summed E-state index contributed by atoms with van der Waals surface area (Å²) in [5.74, 6) is 0.210. The second-order valence-electron chi connectivity index (χ2n) is 5.34. The van der Waals surface area contributed by atoms with Crippen molar-refractivity contribution >= 4 is 5.91 Å². The van der Waals surface area contributed by atoms with Crippen LogP contribution in [0.4, 0.5) is 0 Å². The molecule has 1 fully saturated rings. The Morgan fingerprint density at radius 3 is 2.69 bits per heavy atom. The maximum Gasteiger partial charge on any atom is 0.239 e. The number of methoxy groups -OCH3 is 1. The fraction of sp³-hybridized carbons (Fsp3) is 0.917. The second kappa shape index (κ2) is 5.15. The number of amides is 1. The molecule has 1 amide bonds. The molecule has 1 rings (SSSR count). The lowest BCUT2D eigenvalue weighted by molar-refractivity contribution is -0.128. The first-order valence-electron chi connectivity index (χ1n) is 5.92. The van der Waals surface area contributed by atoms with Gasteiger partial charge in [-0.3, -0.25) is 4.79 Å². The summed E-state index contributed by atoms with van der Waals surface area (Å²) in [6.45, 7) is 7.09. The molecule has 16 heavy (non-hydrogen) atoms. The first-order chi connectivity index (χ1) is 7.35. The quantitative estimate of drug-likeness (QED) is 0.763. The average Bonchev–Trinajstić information content (AvgIpc) is 2.49. The van der Waals surface area contributed by atoms with E-state index in [4.69, 9.17) is 4.74 Å². The normalized spacial score (nSPS) is 23.9. The van der Waals surface area contributed by atoms with Gasteiger partial charge in [-0.05, 0) is 33.6 Å². The molecular formula is C12H24N2O2. The highest BCUT2D eigenvalue weighted by atomic mass is 16.5. The van der Waals surface area contributed by atoms with E-state index in [1.807, 2.05) is 7.05 Å². The molecule has 2 unspecified atom stereocenters. The summed E-state index contributed by atoms with van der Waals surface area (Å²) in [7, 11) is 3.58. The van der Waals surface area contributed by atoms with Gasteiger partial charge in [0.25, 0.3) is 0 Å². The van der Waals surface area contributed by atoms with E-state index in [0.29, 0.717) is 0 Å². The van der Waals surface area contributed by atoms with Crippen molar-refractivity contribution in [1.29, 1.82) is 0 Å². The number of hydrogen-bond donors (Lipinski definition) is 1. The third kappa shape index (κ3) is 3.46. The van der Waals surface area contributed by atoms with Crippen molar-refractivity contribution in [3.63, 3.8) is 0 Å². The molecule has 0 saturated carbocycles. The Bertz CT molecular complexity index is 253. The van der Waals surface area contributed by atoms with Crippen LogP contribution in [0.15, 0.2) is 0 Å². The highest BCUT2D eigenvalue weighted by molar-refractivity contribution is 5.83. The molecule has 0 bridgehead atoms. The number of likely N-dealkylation sites (tertiary alicyclic amines) is 1. The van der Waals surface area contributed by atoms with E-state index in [9.17, 15) is 4.79 Å². The SMILES string of the molecule is COC(C)(C)CC(C)NC1CCN(C)C1=O. The monoisotopic (exact) mass is 228 g/mol. The Labute approximate surface area is 98.3 Å². The van der Waals surface area contributed by atoms with Gasteiger partial charge in [0.05, 0.1) is 11.6 Å². The van der Waals surface area contributed by atoms with Gasteiger partial charge in [-0.2, -0.15) is 0 Å². The van der Waals surface area contributed by atoms with E-state index < -0.39 is 0 Å². The van der Waals surface area contributed by atoms with E-state index in [1.54, 1.807) is 12.0 Å². The Balaban J connectivity index is 2.40. The highest BCUT2D eigenvalue weighted by Gasteiger charge is 2.31. The highest BCUT2D eigenvalue weighted by Crippen LogP contribution is 2.17. The molecule has 1 saturated heterocycles. The predicted molar refractivity (Wildman–Crippen MR) is 64.3 cm³/mol. The van der Waals surface area contributed by atoms with Gasteiger partial charge in [-0.1, -0.05) is 0 Å². The number of carbonyl (C=O) groups is 1. The van der Waals surface area contributed by atoms with Crippen LogP contribution in [-0.4, -0.2) is 49.2 Å². The van der Waals surface area contributed by atoms with Crippen LogP contribution in [0.5, 0.6) is 0 Å². The van der Waals surface area contributed by atoms with Crippen LogP contribution in [-0.2, 0) is 9.53 Å². The second-order valence-corrected chi connectivity index (χ2v) is 5.34. The largest absolute Gasteiger partial charge is 0.379 e. The summed E-state index contributed by atoms with van der Waals surface area (Å²) >= 11 is 0. The average molecular weight is 228 g/mol. The van der Waals surface area contributed by atoms with Crippen molar-refractivity contribution < 1.29 is 9.53 Å². The fourth-order valence-corrected chi connectivity index (χ4v) is 2.20. The number of ether oxygens (including phenoxy) is 1. The molecule has 0 aromatic rings. The predicted octanol–water partition coefficient (Wildman–Crippen LogP) is 1.01. The molecule has 94 valence electrons. The summed E-state index contributed by atoms with van der Waals surface area (Å²) in [5, 5.41) is 3.38. The molecule has 2 atom stereocenters. The van der Waals surface area contributed by atoms with E-state index in [0.717, 1.165) is 19.4 Å². The van der Waals surface area contributed by atoms with Crippen LogP contribution in [0.3, 0.4) is 0 Å². The molecule has 4 heteroatoms. The van der Waals surface area contributed by atoms with Crippen molar-refractivity contribution in [2.24, 2.45) is 0 Å². The van der Waals surface area contributed by atoms with Crippen molar-refractivity contribution in [2.75, 3.05) is 20.7 Å². The molecule has 1 N–H and O–H groups in total. The standard InChI is InChI=1S/C12H24N2O2/c1-9(8-12(2,3)16-5)13-10-6-7-14(4)11(10)15/h9-10,13H,6-8H2,1-5H3. The number of hydrogen-bond acceptors (Lipinski definition) is 3. The van der Waals surface area contributed by atoms with Gasteiger partial charge in [0.2, 0.25) is 5.91 Å². The minimum Gasteiger partial charge on any atom is -0.379 e. The lowest BCUT2D eigenvalue weighted by atomic mass is 9.99. The third-order valence-electron chi connectivity index (χ3n) is 3.26. The van der Waals surface area contributed by atoms with Crippen LogP contribution in [0.2, 0.25) is 0 Å². The van der Waals surface area contributed by atoms with Gasteiger partial charge in [0.15, 0.2) is 0 Å². The fourth-order valence-electron chi connectivity index (χ4n) is 2.20. The van der Waals surface area contributed by atoms with E-state index in [1.165, 1.54) is 0 Å². The summed E-state index contributed by atoms with van der Waals surface area (Å²) in [6, 6.07) is 0.281. The number of nitrogens with one attached hydrogen (secondary N) is 1. The lowest BCUT2D eigenvalue weighted by Gasteiger charge is -2.28. The molecule has 0 aliphatic carbocycles. The Hall–Kier alpha value is -0.610. The summed E-state index contributed by atoms with van der Waals surface area (Å²) in [6.07, 6.45) is 1.81. The van der Waals surface area contributed by atoms with Crippen molar-refractivity contribution in [2.45, 2.75) is 51.3 Å². The molecule has 0 radical (unpaired) electrons. The number of carbonyl (C=O) groups excluding carboxylic acids is 1. The molecule has 4 nitrogen and oxygen atoms in total. The summed E-state index contributed by atoms with van der Waals surface area (Å²) in [5.41, 5.74) is -0.139. The Morgan fingerprint density at radius 2 is 2.25 bits per heavy atom. The van der Waals surface area contributed by atoms with Gasteiger partial charge in [-0.15, -0.1) is 0 Å². The molecule has 0 aromatic heterocycles. The van der Waals surface area contributed by atoms with Crippen LogP contribution < -0.4 is 5.32 Å². The van der Waals surface area contributed by atoms with E-state index in [2.05, 4.69) is 26.1 Å². The zero-order chi connectivity index (χ0) is 12.3. The van der Waals surface area contributed by atoms with Gasteiger partial charge in [0, 0.05) is 26.7 Å². The van der Waals surface area contributed by atoms with E-state index >= 15 is 0 Å². The maximum atomic E-state index is 11.7. The van der Waals surface area contributed by atoms with Gasteiger partial charge < -0.3 is 15.0 Å². The Morgan fingerprint density at radius 1 is 1.62 bits per heavy atom. The topological polar surface area (TPSA) is 41.6 Å². The van der Waals surface area contributed by atoms with Crippen LogP contribution in [0.25, 0.3) is 0 Å². The smallest absolute Gasteiger partial charge is 0.239 e. The van der Waals surface area contributed by atoms with Crippen molar-refractivity contribution in [1.82, 2.24) is 10.2 Å². The number of nitrogens with zero attached hydrogens (tertiary/aromatic N) is 1. The first kappa shape index (κ1) is 13.5. The number of likely N-dealkylation sites (N-methyl/N-ethyl adjacent to an activating group) is 1. The Kier molecular flexibility index (Phi) is 4.33. The van der Waals surface area contributed by atoms with Gasteiger partial charge >= 0.3 is 0 Å². The molecule has 1 aliphatic rings. The third-order valence-corrected chi connectivity index (χ3v) is 3.26. The van der Waals surface area contributed by atoms with Crippen molar-refractivity contribution in [3.8, 4) is 0 Å². The maximum absolute atomic E-state index is 11.7. The molecule has 1 aliphatic heterocycles. The number of rotatable bonds is 5. The first-order valence-corrected chi connectivity index (χ1v) is 5.92. The summed E-state index contributed by atoms with van der Waals surface area (Å²) < 4.78 is 5.39. The van der Waals surface area contributed by atoms with Gasteiger partial charge in [-0.25, -0.2) is 0 Å². The zero-order valence-electron chi connectivity index (χ0n) is 11.0. The lowest BCUT2D eigenvalue weighted by Crippen LogP contribution is -2.44. The minimum atomic E-state index is -0.139. The van der Waals surface area contributed by atoms with Gasteiger partial charge in [0.1, 0.15) is 0 Å².